The highest BCUT2D eigenvalue weighted by Crippen LogP contribution is 2.26. The average molecular weight is 427 g/mol. The van der Waals surface area contributed by atoms with Gasteiger partial charge in [0.15, 0.2) is 4.34 Å². The Kier molecular flexibility index (Phi) is 6.76. The van der Waals surface area contributed by atoms with E-state index in [2.05, 4.69) is 33.0 Å². The van der Waals surface area contributed by atoms with Crippen molar-refractivity contribution in [2.45, 2.75) is 23.3 Å². The summed E-state index contributed by atoms with van der Waals surface area (Å²) in [6, 6.07) is 18.0. The van der Waals surface area contributed by atoms with Gasteiger partial charge in [0.05, 0.1) is 11.9 Å². The minimum atomic E-state index is -0.0634. The molecule has 1 saturated heterocycles. The van der Waals surface area contributed by atoms with Crippen molar-refractivity contribution in [3.63, 3.8) is 0 Å². The average Bonchev–Trinajstić information content (AvgIpc) is 3.44. The van der Waals surface area contributed by atoms with Crippen LogP contribution in [-0.4, -0.2) is 41.1 Å². The number of benzene rings is 2. The van der Waals surface area contributed by atoms with Gasteiger partial charge in [0.2, 0.25) is 11.0 Å². The third kappa shape index (κ3) is 5.79. The molecule has 1 aliphatic heterocycles. The van der Waals surface area contributed by atoms with Crippen LogP contribution in [0.4, 0.5) is 10.8 Å². The van der Waals surface area contributed by atoms with E-state index in [1.165, 1.54) is 23.1 Å². The molecule has 0 radical (unpaired) electrons. The van der Waals surface area contributed by atoms with Crippen molar-refractivity contribution < 1.29 is 9.53 Å². The molecule has 1 aromatic heterocycles. The Morgan fingerprint density at radius 2 is 1.90 bits per heavy atom. The molecule has 1 amide bonds. The van der Waals surface area contributed by atoms with Crippen molar-refractivity contribution in [3.05, 3.63) is 54.6 Å². The first-order valence-corrected chi connectivity index (χ1v) is 11.3. The fourth-order valence-electron chi connectivity index (χ4n) is 3.05. The van der Waals surface area contributed by atoms with Gasteiger partial charge in [-0.25, -0.2) is 0 Å². The van der Waals surface area contributed by atoms with Crippen LogP contribution in [0, 0.1) is 0 Å². The number of ether oxygens (including phenoxy) is 1. The maximum absolute atomic E-state index is 12.2. The highest BCUT2D eigenvalue weighted by molar-refractivity contribution is 8.01. The normalized spacial score (nSPS) is 15.9. The van der Waals surface area contributed by atoms with Gasteiger partial charge in [-0.3, -0.25) is 4.79 Å². The summed E-state index contributed by atoms with van der Waals surface area (Å²) in [5, 5.41) is 15.2. The predicted molar refractivity (Wildman–Crippen MR) is 119 cm³/mol. The second-order valence-corrected chi connectivity index (χ2v) is 8.87. The second-order valence-electron chi connectivity index (χ2n) is 6.67. The van der Waals surface area contributed by atoms with Gasteiger partial charge in [-0.15, -0.1) is 10.2 Å². The fraction of sp³-hybridized carbons (Fsp3) is 0.286. The van der Waals surface area contributed by atoms with Crippen LogP contribution in [-0.2, 0) is 9.53 Å². The molecule has 150 valence electrons. The van der Waals surface area contributed by atoms with Gasteiger partial charge in [0.25, 0.3) is 0 Å². The SMILES string of the molecule is O=C(CSc1nnc(NC[C@H]2CCCO2)s1)Nc1ccc(-c2ccccc2)cc1. The van der Waals surface area contributed by atoms with Crippen LogP contribution in [0.3, 0.4) is 0 Å². The minimum absolute atomic E-state index is 0.0634. The van der Waals surface area contributed by atoms with E-state index in [-0.39, 0.29) is 12.0 Å². The molecule has 2 aromatic carbocycles. The third-order valence-electron chi connectivity index (χ3n) is 4.51. The molecule has 1 aliphatic rings. The van der Waals surface area contributed by atoms with Crippen molar-refractivity contribution in [3.8, 4) is 11.1 Å². The molecule has 2 heterocycles. The molecule has 8 heteroatoms. The molecule has 6 nitrogen and oxygen atoms in total. The fourth-order valence-corrected chi connectivity index (χ4v) is 4.61. The number of anilines is 2. The molecule has 4 rings (SSSR count). The number of nitrogens with zero attached hydrogens (tertiary/aromatic N) is 2. The Morgan fingerprint density at radius 3 is 2.66 bits per heavy atom. The molecule has 3 aromatic rings. The maximum atomic E-state index is 12.2. The zero-order chi connectivity index (χ0) is 19.9. The van der Waals surface area contributed by atoms with E-state index in [9.17, 15) is 4.79 Å². The number of aromatic nitrogens is 2. The van der Waals surface area contributed by atoms with Crippen LogP contribution in [0.2, 0.25) is 0 Å². The van der Waals surface area contributed by atoms with E-state index in [0.717, 1.165) is 52.3 Å². The molecular formula is C21H22N4O2S2. The van der Waals surface area contributed by atoms with Crippen LogP contribution in [0.25, 0.3) is 11.1 Å². The number of amides is 1. The van der Waals surface area contributed by atoms with Crippen molar-refractivity contribution in [1.82, 2.24) is 10.2 Å². The molecule has 0 unspecified atom stereocenters. The van der Waals surface area contributed by atoms with E-state index >= 15 is 0 Å². The molecule has 0 aliphatic carbocycles. The summed E-state index contributed by atoms with van der Waals surface area (Å²) in [7, 11) is 0. The lowest BCUT2D eigenvalue weighted by Crippen LogP contribution is -2.18. The Bertz CT molecular complexity index is 925. The molecule has 1 fully saturated rings. The van der Waals surface area contributed by atoms with Crippen LogP contribution < -0.4 is 10.6 Å². The first-order valence-electron chi connectivity index (χ1n) is 9.53. The van der Waals surface area contributed by atoms with E-state index in [1.54, 1.807) is 0 Å². The lowest BCUT2D eigenvalue weighted by molar-refractivity contribution is -0.113. The van der Waals surface area contributed by atoms with Gasteiger partial charge in [-0.1, -0.05) is 65.6 Å². The summed E-state index contributed by atoms with van der Waals surface area (Å²) < 4.78 is 6.36. The zero-order valence-electron chi connectivity index (χ0n) is 15.8. The maximum Gasteiger partial charge on any atom is 0.234 e. The number of nitrogens with one attached hydrogen (secondary N) is 2. The lowest BCUT2D eigenvalue weighted by Gasteiger charge is -2.08. The van der Waals surface area contributed by atoms with Crippen LogP contribution in [0.1, 0.15) is 12.8 Å². The summed E-state index contributed by atoms with van der Waals surface area (Å²) in [6.45, 7) is 1.59. The van der Waals surface area contributed by atoms with E-state index in [4.69, 9.17) is 4.74 Å². The van der Waals surface area contributed by atoms with E-state index in [1.807, 2.05) is 42.5 Å². The first kappa shape index (κ1) is 19.9. The lowest BCUT2D eigenvalue weighted by atomic mass is 10.1. The number of carbonyl (C=O) groups is 1. The highest BCUT2D eigenvalue weighted by atomic mass is 32.2. The Labute approximate surface area is 178 Å². The number of rotatable bonds is 8. The second kappa shape index (κ2) is 9.87. The standard InChI is InChI=1S/C21H22N4O2S2/c26-19(23-17-10-8-16(9-11-17)15-5-2-1-3-6-15)14-28-21-25-24-20(29-21)22-13-18-7-4-12-27-18/h1-3,5-6,8-11,18H,4,7,12-14H2,(H,22,24)(H,23,26)/t18-/m1/s1. The molecular weight excluding hydrogens is 404 g/mol. The molecule has 0 saturated carbocycles. The minimum Gasteiger partial charge on any atom is -0.376 e. The number of hydrogen-bond donors (Lipinski definition) is 2. The zero-order valence-corrected chi connectivity index (χ0v) is 17.5. The van der Waals surface area contributed by atoms with Crippen molar-refractivity contribution in [2.24, 2.45) is 0 Å². The predicted octanol–water partition coefficient (Wildman–Crippen LogP) is 4.53. The topological polar surface area (TPSA) is 76.1 Å². The van der Waals surface area contributed by atoms with Crippen molar-refractivity contribution in [1.29, 1.82) is 0 Å². The number of hydrogen-bond acceptors (Lipinski definition) is 7. The monoisotopic (exact) mass is 426 g/mol. The van der Waals surface area contributed by atoms with Crippen molar-refractivity contribution in [2.75, 3.05) is 29.5 Å². The highest BCUT2D eigenvalue weighted by Gasteiger charge is 2.16. The summed E-state index contributed by atoms with van der Waals surface area (Å²) in [4.78, 5) is 12.2. The molecule has 2 N–H and O–H groups in total. The van der Waals surface area contributed by atoms with Gasteiger partial charge in [-0.2, -0.15) is 0 Å². The third-order valence-corrected chi connectivity index (χ3v) is 6.53. The first-order chi connectivity index (χ1) is 14.3. The summed E-state index contributed by atoms with van der Waals surface area (Å²) in [6.07, 6.45) is 2.46. The van der Waals surface area contributed by atoms with Gasteiger partial charge in [-0.05, 0) is 36.1 Å². The van der Waals surface area contributed by atoms with Crippen LogP contribution >= 0.6 is 23.1 Å². The quantitative estimate of drug-likeness (QED) is 0.516. The van der Waals surface area contributed by atoms with E-state index in [0.29, 0.717) is 5.75 Å². The van der Waals surface area contributed by atoms with Gasteiger partial charge in [0.1, 0.15) is 0 Å². The van der Waals surface area contributed by atoms with Gasteiger partial charge in [0, 0.05) is 18.8 Å². The number of thioether (sulfide) groups is 1. The van der Waals surface area contributed by atoms with Gasteiger partial charge < -0.3 is 15.4 Å². The Hall–Kier alpha value is -2.42. The Morgan fingerprint density at radius 1 is 1.10 bits per heavy atom. The smallest absolute Gasteiger partial charge is 0.234 e. The molecule has 0 spiro atoms. The Balaban J connectivity index is 1.23. The van der Waals surface area contributed by atoms with Crippen molar-refractivity contribution >= 4 is 39.8 Å². The summed E-state index contributed by atoms with van der Waals surface area (Å²) in [5.74, 6) is 0.229. The molecule has 1 atom stereocenters. The van der Waals surface area contributed by atoms with Crippen LogP contribution in [0.15, 0.2) is 58.9 Å². The molecule has 29 heavy (non-hydrogen) atoms. The largest absolute Gasteiger partial charge is 0.376 e. The molecule has 0 bridgehead atoms. The summed E-state index contributed by atoms with van der Waals surface area (Å²) >= 11 is 2.85. The summed E-state index contributed by atoms with van der Waals surface area (Å²) in [5.41, 5.74) is 3.06. The van der Waals surface area contributed by atoms with Crippen LogP contribution in [0.5, 0.6) is 0 Å². The van der Waals surface area contributed by atoms with E-state index < -0.39 is 0 Å². The van der Waals surface area contributed by atoms with Gasteiger partial charge >= 0.3 is 0 Å². The number of carbonyl (C=O) groups excluding carboxylic acids is 1.